The van der Waals surface area contributed by atoms with Crippen LogP contribution < -0.4 is 0 Å². The lowest BCUT2D eigenvalue weighted by Gasteiger charge is -2.02. The first-order valence-electron chi connectivity index (χ1n) is 5.47. The molecule has 0 aliphatic rings. The van der Waals surface area contributed by atoms with Crippen molar-refractivity contribution in [3.05, 3.63) is 24.3 Å². The minimum absolute atomic E-state index is 0.537. The van der Waals surface area contributed by atoms with Gasteiger partial charge in [0, 0.05) is 6.42 Å². The zero-order chi connectivity index (χ0) is 10.8. The first kappa shape index (κ1) is 13.2. The highest BCUT2D eigenvalue weighted by molar-refractivity contribution is 5.51. The van der Waals surface area contributed by atoms with Gasteiger partial charge in [0.1, 0.15) is 6.29 Å². The van der Waals surface area contributed by atoms with Crippen molar-refractivity contribution in [1.82, 2.24) is 0 Å². The minimum atomic E-state index is 0.537. The molecule has 0 spiro atoms. The van der Waals surface area contributed by atoms with Gasteiger partial charge in [-0.2, -0.15) is 0 Å². The van der Waals surface area contributed by atoms with Gasteiger partial charge in [-0.3, -0.25) is 0 Å². The molecule has 0 aliphatic heterocycles. The van der Waals surface area contributed by atoms with Crippen molar-refractivity contribution >= 4 is 6.29 Å². The minimum Gasteiger partial charge on any atom is -0.303 e. The summed E-state index contributed by atoms with van der Waals surface area (Å²) in [6, 6.07) is 0. The molecular formula is C13H22O. The van der Waals surface area contributed by atoms with Gasteiger partial charge < -0.3 is 4.79 Å². The second-order valence-corrected chi connectivity index (χ2v) is 3.86. The predicted octanol–water partition coefficient (Wildman–Crippen LogP) is 3.76. The summed E-state index contributed by atoms with van der Waals surface area (Å²) in [5.41, 5.74) is 0. The average Bonchev–Trinajstić information content (AvgIpc) is 2.18. The molecule has 1 nitrogen and oxygen atoms in total. The summed E-state index contributed by atoms with van der Waals surface area (Å²) in [6.07, 6.45) is 12.3. The maximum Gasteiger partial charge on any atom is 0.123 e. The molecule has 2 atom stereocenters. The van der Waals surface area contributed by atoms with Crippen LogP contribution in [0.3, 0.4) is 0 Å². The Morgan fingerprint density at radius 3 is 2.29 bits per heavy atom. The van der Waals surface area contributed by atoms with E-state index in [0.717, 1.165) is 12.7 Å². The molecule has 0 bridgehead atoms. The standard InChI is InChI=1S/C13H22O/c1-4-12(2)9-7-10-13(3)8-5-6-11-14/h5,7-9,11-13H,4,6,10H2,1-3H3. The number of carbonyl (C=O) groups excluding carboxylic acids is 1. The van der Waals surface area contributed by atoms with Crippen LogP contribution in [0.4, 0.5) is 0 Å². The van der Waals surface area contributed by atoms with E-state index in [0.29, 0.717) is 18.3 Å². The van der Waals surface area contributed by atoms with E-state index < -0.39 is 0 Å². The van der Waals surface area contributed by atoms with Crippen LogP contribution in [0, 0.1) is 11.8 Å². The van der Waals surface area contributed by atoms with Crippen LogP contribution in [0.25, 0.3) is 0 Å². The summed E-state index contributed by atoms with van der Waals surface area (Å²) in [5, 5.41) is 0. The largest absolute Gasteiger partial charge is 0.303 e. The molecule has 0 aromatic heterocycles. The van der Waals surface area contributed by atoms with Gasteiger partial charge in [-0.15, -0.1) is 0 Å². The molecule has 0 fully saturated rings. The molecule has 0 amide bonds. The lowest BCUT2D eigenvalue weighted by Crippen LogP contribution is -1.88. The number of hydrogen-bond acceptors (Lipinski definition) is 1. The summed E-state index contributed by atoms with van der Waals surface area (Å²) >= 11 is 0. The number of aldehydes is 1. The quantitative estimate of drug-likeness (QED) is 0.445. The average molecular weight is 194 g/mol. The molecule has 80 valence electrons. The molecule has 2 unspecified atom stereocenters. The van der Waals surface area contributed by atoms with Gasteiger partial charge in [-0.1, -0.05) is 51.5 Å². The Bertz CT molecular complexity index is 191. The van der Waals surface area contributed by atoms with E-state index in [9.17, 15) is 4.79 Å². The lowest BCUT2D eigenvalue weighted by atomic mass is 10.0. The molecule has 1 heteroatoms. The molecule has 0 aliphatic carbocycles. The highest BCUT2D eigenvalue weighted by Crippen LogP contribution is 2.08. The summed E-state index contributed by atoms with van der Waals surface area (Å²) in [5.74, 6) is 1.22. The molecule has 0 N–H and O–H groups in total. The number of hydrogen-bond donors (Lipinski definition) is 0. The Kier molecular flexibility index (Phi) is 8.20. The molecule has 0 heterocycles. The number of carbonyl (C=O) groups is 1. The fourth-order valence-corrected chi connectivity index (χ4v) is 1.11. The second-order valence-electron chi connectivity index (χ2n) is 3.86. The Morgan fingerprint density at radius 1 is 1.07 bits per heavy atom. The van der Waals surface area contributed by atoms with Crippen molar-refractivity contribution in [3.63, 3.8) is 0 Å². The maximum atomic E-state index is 10.1. The van der Waals surface area contributed by atoms with Crippen LogP contribution in [0.2, 0.25) is 0 Å². The second kappa shape index (κ2) is 8.74. The van der Waals surface area contributed by atoms with Gasteiger partial charge in [0.05, 0.1) is 0 Å². The number of allylic oxidation sites excluding steroid dienone is 4. The van der Waals surface area contributed by atoms with Gasteiger partial charge in [0.2, 0.25) is 0 Å². The van der Waals surface area contributed by atoms with Gasteiger partial charge in [-0.05, 0) is 18.3 Å². The van der Waals surface area contributed by atoms with E-state index in [1.807, 2.05) is 6.08 Å². The molecular weight excluding hydrogens is 172 g/mol. The normalized spacial score (nSPS) is 16.2. The van der Waals surface area contributed by atoms with Crippen molar-refractivity contribution in [1.29, 1.82) is 0 Å². The topological polar surface area (TPSA) is 17.1 Å². The first-order chi connectivity index (χ1) is 6.70. The van der Waals surface area contributed by atoms with Crippen LogP contribution in [-0.2, 0) is 4.79 Å². The van der Waals surface area contributed by atoms with Crippen molar-refractivity contribution in [2.75, 3.05) is 0 Å². The smallest absolute Gasteiger partial charge is 0.123 e. The first-order valence-corrected chi connectivity index (χ1v) is 5.47. The summed E-state index contributed by atoms with van der Waals surface area (Å²) in [4.78, 5) is 10.1. The SMILES string of the molecule is CCC(C)C=CCC(C)C=CCC=O. The molecule has 0 saturated heterocycles. The van der Waals surface area contributed by atoms with Crippen molar-refractivity contribution in [2.24, 2.45) is 11.8 Å². The predicted molar refractivity (Wildman–Crippen MR) is 62.2 cm³/mol. The summed E-state index contributed by atoms with van der Waals surface area (Å²) < 4.78 is 0. The zero-order valence-electron chi connectivity index (χ0n) is 9.57. The van der Waals surface area contributed by atoms with Crippen molar-refractivity contribution < 1.29 is 4.79 Å². The third kappa shape index (κ3) is 7.78. The Morgan fingerprint density at radius 2 is 1.71 bits per heavy atom. The Balaban J connectivity index is 3.67. The molecule has 0 rings (SSSR count). The highest BCUT2D eigenvalue weighted by atomic mass is 16.1. The third-order valence-electron chi connectivity index (χ3n) is 2.31. The van der Waals surface area contributed by atoms with Crippen LogP contribution in [0.15, 0.2) is 24.3 Å². The molecule has 0 aromatic rings. The van der Waals surface area contributed by atoms with Crippen LogP contribution in [0.1, 0.15) is 40.0 Å². The van der Waals surface area contributed by atoms with Gasteiger partial charge in [-0.25, -0.2) is 0 Å². The van der Waals surface area contributed by atoms with Crippen molar-refractivity contribution in [2.45, 2.75) is 40.0 Å². The maximum absolute atomic E-state index is 10.1. The summed E-state index contributed by atoms with van der Waals surface area (Å²) in [7, 11) is 0. The number of rotatable bonds is 7. The van der Waals surface area contributed by atoms with Gasteiger partial charge in [0.25, 0.3) is 0 Å². The molecule has 0 saturated carbocycles. The fraction of sp³-hybridized carbons (Fsp3) is 0.615. The highest BCUT2D eigenvalue weighted by Gasteiger charge is 1.94. The van der Waals surface area contributed by atoms with Gasteiger partial charge >= 0.3 is 0 Å². The Labute approximate surface area is 87.9 Å². The summed E-state index contributed by atoms with van der Waals surface area (Å²) in [6.45, 7) is 6.59. The monoisotopic (exact) mass is 194 g/mol. The lowest BCUT2D eigenvalue weighted by molar-refractivity contribution is -0.107. The molecule has 0 radical (unpaired) electrons. The van der Waals surface area contributed by atoms with E-state index in [2.05, 4.69) is 39.0 Å². The van der Waals surface area contributed by atoms with Crippen LogP contribution in [-0.4, -0.2) is 6.29 Å². The zero-order valence-corrected chi connectivity index (χ0v) is 9.57. The third-order valence-corrected chi connectivity index (χ3v) is 2.31. The van der Waals surface area contributed by atoms with E-state index in [4.69, 9.17) is 0 Å². The molecule has 14 heavy (non-hydrogen) atoms. The van der Waals surface area contributed by atoms with Crippen LogP contribution >= 0.6 is 0 Å². The fourth-order valence-electron chi connectivity index (χ4n) is 1.11. The van der Waals surface area contributed by atoms with E-state index >= 15 is 0 Å². The Hall–Kier alpha value is -0.850. The molecule has 0 aromatic carbocycles. The van der Waals surface area contributed by atoms with Crippen LogP contribution in [0.5, 0.6) is 0 Å². The van der Waals surface area contributed by atoms with E-state index in [1.54, 1.807) is 0 Å². The van der Waals surface area contributed by atoms with E-state index in [1.165, 1.54) is 6.42 Å². The van der Waals surface area contributed by atoms with Gasteiger partial charge in [0.15, 0.2) is 0 Å². The van der Waals surface area contributed by atoms with E-state index in [-0.39, 0.29) is 0 Å². The van der Waals surface area contributed by atoms with Crippen molar-refractivity contribution in [3.8, 4) is 0 Å².